The van der Waals surface area contributed by atoms with Crippen molar-refractivity contribution in [2.75, 3.05) is 11.9 Å². The van der Waals surface area contributed by atoms with Crippen LogP contribution in [0.3, 0.4) is 0 Å². The average molecular weight is 223 g/mol. The second-order valence-corrected chi connectivity index (χ2v) is 3.80. The third-order valence-electron chi connectivity index (χ3n) is 2.67. The molecule has 1 aliphatic heterocycles. The van der Waals surface area contributed by atoms with Gasteiger partial charge in [0.15, 0.2) is 0 Å². The van der Waals surface area contributed by atoms with Crippen molar-refractivity contribution < 1.29 is 20.1 Å². The molecule has 1 aliphatic rings. The minimum Gasteiger partial charge on any atom is -0.394 e. The van der Waals surface area contributed by atoms with Crippen LogP contribution in [0.4, 0.5) is 5.69 Å². The summed E-state index contributed by atoms with van der Waals surface area (Å²) in [5.41, 5.74) is 1.78. The maximum atomic E-state index is 11.2. The Kier molecular flexibility index (Phi) is 2.91. The first kappa shape index (κ1) is 11.1. The highest BCUT2D eigenvalue weighted by molar-refractivity contribution is 6.00. The third kappa shape index (κ3) is 1.80. The molecule has 0 radical (unpaired) electrons. The molecule has 1 aromatic carbocycles. The summed E-state index contributed by atoms with van der Waals surface area (Å²) in [7, 11) is 0. The fourth-order valence-electron chi connectivity index (χ4n) is 1.83. The van der Waals surface area contributed by atoms with Crippen LogP contribution >= 0.6 is 0 Å². The van der Waals surface area contributed by atoms with Crippen molar-refractivity contribution in [3.8, 4) is 0 Å². The molecule has 4 N–H and O–H groups in total. The van der Waals surface area contributed by atoms with Crippen molar-refractivity contribution in [1.29, 1.82) is 0 Å². The van der Waals surface area contributed by atoms with E-state index < -0.39 is 18.8 Å². The number of anilines is 1. The number of para-hydroxylation sites is 1. The van der Waals surface area contributed by atoms with E-state index in [1.807, 2.05) is 0 Å². The molecule has 86 valence electrons. The second-order valence-electron chi connectivity index (χ2n) is 3.80. The van der Waals surface area contributed by atoms with Crippen molar-refractivity contribution >= 4 is 11.6 Å². The van der Waals surface area contributed by atoms with Crippen LogP contribution in [0.25, 0.3) is 0 Å². The molecular formula is C11H13NO4. The normalized spacial score (nSPS) is 17.8. The van der Waals surface area contributed by atoms with Crippen LogP contribution in [0.5, 0.6) is 0 Å². The minimum absolute atomic E-state index is 0.131. The molecule has 0 bridgehead atoms. The third-order valence-corrected chi connectivity index (χ3v) is 2.67. The SMILES string of the molecule is O=C1Cc2cccc(C(O)C(O)CO)c2N1. The lowest BCUT2D eigenvalue weighted by molar-refractivity contribution is -0.115. The van der Waals surface area contributed by atoms with Gasteiger partial charge in [-0.3, -0.25) is 4.79 Å². The van der Waals surface area contributed by atoms with E-state index >= 15 is 0 Å². The zero-order chi connectivity index (χ0) is 11.7. The van der Waals surface area contributed by atoms with Gasteiger partial charge in [0.2, 0.25) is 5.91 Å². The number of nitrogens with one attached hydrogen (secondary N) is 1. The van der Waals surface area contributed by atoms with Crippen LogP contribution in [0.2, 0.25) is 0 Å². The van der Waals surface area contributed by atoms with Crippen molar-refractivity contribution in [2.45, 2.75) is 18.6 Å². The molecule has 0 fully saturated rings. The number of rotatable bonds is 3. The topological polar surface area (TPSA) is 89.8 Å². The summed E-state index contributed by atoms with van der Waals surface area (Å²) in [5.74, 6) is -0.131. The maximum absolute atomic E-state index is 11.2. The van der Waals surface area contributed by atoms with Crippen LogP contribution in [-0.2, 0) is 11.2 Å². The van der Waals surface area contributed by atoms with Crippen LogP contribution < -0.4 is 5.32 Å². The summed E-state index contributed by atoms with van der Waals surface area (Å²) >= 11 is 0. The monoisotopic (exact) mass is 223 g/mol. The van der Waals surface area contributed by atoms with Gasteiger partial charge in [0, 0.05) is 5.56 Å². The predicted molar refractivity (Wildman–Crippen MR) is 56.8 cm³/mol. The molecular weight excluding hydrogens is 210 g/mol. The van der Waals surface area contributed by atoms with Gasteiger partial charge in [0.05, 0.1) is 18.7 Å². The molecule has 2 unspecified atom stereocenters. The maximum Gasteiger partial charge on any atom is 0.228 e. The van der Waals surface area contributed by atoms with Gasteiger partial charge in [0.1, 0.15) is 12.2 Å². The zero-order valence-electron chi connectivity index (χ0n) is 8.55. The number of fused-ring (bicyclic) bond motifs is 1. The molecule has 0 spiro atoms. The van der Waals surface area contributed by atoms with Crippen molar-refractivity contribution in [1.82, 2.24) is 0 Å². The Balaban J connectivity index is 2.36. The molecule has 2 rings (SSSR count). The highest BCUT2D eigenvalue weighted by Crippen LogP contribution is 2.32. The van der Waals surface area contributed by atoms with Gasteiger partial charge in [-0.15, -0.1) is 0 Å². The van der Waals surface area contributed by atoms with Gasteiger partial charge in [-0.2, -0.15) is 0 Å². The van der Waals surface area contributed by atoms with Crippen LogP contribution in [-0.4, -0.2) is 33.9 Å². The van der Waals surface area contributed by atoms with E-state index in [9.17, 15) is 15.0 Å². The fraction of sp³-hybridized carbons (Fsp3) is 0.364. The quantitative estimate of drug-likeness (QED) is 0.559. The fourth-order valence-corrected chi connectivity index (χ4v) is 1.83. The molecule has 0 aromatic heterocycles. The van der Waals surface area contributed by atoms with Crippen LogP contribution in [0, 0.1) is 0 Å². The number of carbonyl (C=O) groups excluding carboxylic acids is 1. The highest BCUT2D eigenvalue weighted by Gasteiger charge is 2.26. The van der Waals surface area contributed by atoms with E-state index in [0.717, 1.165) is 5.56 Å². The summed E-state index contributed by atoms with van der Waals surface area (Å²) in [4.78, 5) is 11.2. The number of benzene rings is 1. The van der Waals surface area contributed by atoms with E-state index in [2.05, 4.69) is 5.32 Å². The number of amides is 1. The lowest BCUT2D eigenvalue weighted by atomic mass is 10.00. The van der Waals surface area contributed by atoms with Gasteiger partial charge in [-0.25, -0.2) is 0 Å². The number of hydrogen-bond acceptors (Lipinski definition) is 4. The van der Waals surface area contributed by atoms with E-state index in [1.54, 1.807) is 18.2 Å². The first-order chi connectivity index (χ1) is 7.63. The van der Waals surface area contributed by atoms with Crippen molar-refractivity contribution in [3.63, 3.8) is 0 Å². The molecule has 1 aromatic rings. The molecule has 0 saturated heterocycles. The standard InChI is InChI=1S/C11H13NO4/c13-5-8(14)11(16)7-3-1-2-6-4-9(15)12-10(6)7/h1-3,8,11,13-14,16H,4-5H2,(H,12,15). The molecule has 1 amide bonds. The van der Waals surface area contributed by atoms with Gasteiger partial charge in [-0.05, 0) is 5.56 Å². The van der Waals surface area contributed by atoms with Gasteiger partial charge in [-0.1, -0.05) is 18.2 Å². The molecule has 1 heterocycles. The van der Waals surface area contributed by atoms with Gasteiger partial charge < -0.3 is 20.6 Å². The second kappa shape index (κ2) is 4.21. The number of carbonyl (C=O) groups is 1. The summed E-state index contributed by atoms with van der Waals surface area (Å²) in [6.07, 6.45) is -2.16. The van der Waals surface area contributed by atoms with Crippen molar-refractivity contribution in [3.05, 3.63) is 29.3 Å². The van der Waals surface area contributed by atoms with E-state index in [-0.39, 0.29) is 12.3 Å². The van der Waals surface area contributed by atoms with Crippen LogP contribution in [0.15, 0.2) is 18.2 Å². The number of aliphatic hydroxyl groups excluding tert-OH is 3. The molecule has 2 atom stereocenters. The lowest BCUT2D eigenvalue weighted by Crippen LogP contribution is -2.22. The molecule has 5 nitrogen and oxygen atoms in total. The van der Waals surface area contributed by atoms with Crippen LogP contribution in [0.1, 0.15) is 17.2 Å². The molecule has 0 saturated carbocycles. The lowest BCUT2D eigenvalue weighted by Gasteiger charge is -2.18. The largest absolute Gasteiger partial charge is 0.394 e. The predicted octanol–water partition coefficient (Wildman–Crippen LogP) is -0.432. The van der Waals surface area contributed by atoms with E-state index in [0.29, 0.717) is 11.3 Å². The number of hydrogen-bond donors (Lipinski definition) is 4. The Morgan fingerprint density at radius 2 is 2.12 bits per heavy atom. The zero-order valence-corrected chi connectivity index (χ0v) is 8.55. The average Bonchev–Trinajstić information content (AvgIpc) is 2.66. The van der Waals surface area contributed by atoms with E-state index in [1.165, 1.54) is 0 Å². The first-order valence-electron chi connectivity index (χ1n) is 5.02. The van der Waals surface area contributed by atoms with Gasteiger partial charge >= 0.3 is 0 Å². The Hall–Kier alpha value is -1.43. The summed E-state index contributed by atoms with van der Waals surface area (Å²) in [6.45, 7) is -0.529. The Morgan fingerprint density at radius 3 is 2.81 bits per heavy atom. The molecule has 5 heteroatoms. The highest BCUT2D eigenvalue weighted by atomic mass is 16.4. The Labute approximate surface area is 92.3 Å². The van der Waals surface area contributed by atoms with Gasteiger partial charge in [0.25, 0.3) is 0 Å². The minimum atomic E-state index is -1.25. The smallest absolute Gasteiger partial charge is 0.228 e. The van der Waals surface area contributed by atoms with Crippen molar-refractivity contribution in [2.24, 2.45) is 0 Å². The Morgan fingerprint density at radius 1 is 1.38 bits per heavy atom. The Bertz CT molecular complexity index is 418. The summed E-state index contributed by atoms with van der Waals surface area (Å²) < 4.78 is 0. The van der Waals surface area contributed by atoms with E-state index in [4.69, 9.17) is 5.11 Å². The molecule has 0 aliphatic carbocycles. The summed E-state index contributed by atoms with van der Waals surface area (Å²) in [6, 6.07) is 5.12. The number of aliphatic hydroxyl groups is 3. The summed E-state index contributed by atoms with van der Waals surface area (Å²) in [5, 5.41) is 30.5. The molecule has 16 heavy (non-hydrogen) atoms. The first-order valence-corrected chi connectivity index (χ1v) is 5.02.